The van der Waals surface area contributed by atoms with Crippen LogP contribution >= 0.6 is 23.7 Å². The number of carbonyl (C=O) groups is 1. The summed E-state index contributed by atoms with van der Waals surface area (Å²) in [5, 5.41) is 6.53. The van der Waals surface area contributed by atoms with Crippen molar-refractivity contribution in [1.82, 2.24) is 10.3 Å². The summed E-state index contributed by atoms with van der Waals surface area (Å²) in [4.78, 5) is 17.1. The summed E-state index contributed by atoms with van der Waals surface area (Å²) >= 11 is 1.39. The number of carbonyl (C=O) groups excluding carboxylic acids is 1. The highest BCUT2D eigenvalue weighted by Crippen LogP contribution is 2.22. The number of hydrogen-bond acceptors (Lipinski definition) is 4. The molecule has 1 saturated heterocycles. The number of thiazole rings is 1. The van der Waals surface area contributed by atoms with Crippen molar-refractivity contribution in [3.8, 4) is 0 Å². The van der Waals surface area contributed by atoms with E-state index in [0.29, 0.717) is 17.1 Å². The molecule has 1 aromatic carbocycles. The number of amides is 1. The van der Waals surface area contributed by atoms with E-state index in [0.717, 1.165) is 24.3 Å². The molecule has 0 radical (unpaired) electrons. The van der Waals surface area contributed by atoms with Gasteiger partial charge in [-0.25, -0.2) is 9.37 Å². The Labute approximate surface area is 138 Å². The van der Waals surface area contributed by atoms with Crippen LogP contribution in [0, 0.1) is 5.82 Å². The Balaban J connectivity index is 0.00000176. The fourth-order valence-electron chi connectivity index (χ4n) is 2.38. The molecule has 2 N–H and O–H groups in total. The predicted octanol–water partition coefficient (Wildman–Crippen LogP) is 2.99. The molecule has 1 unspecified atom stereocenters. The van der Waals surface area contributed by atoms with Crippen LogP contribution in [0.15, 0.2) is 30.5 Å². The second kappa shape index (κ2) is 7.67. The first kappa shape index (κ1) is 16.9. The smallest absolute Gasteiger partial charge is 0.243 e. The molecule has 1 aromatic heterocycles. The Bertz CT molecular complexity index is 643. The van der Waals surface area contributed by atoms with Crippen LogP contribution in [0.2, 0.25) is 0 Å². The van der Waals surface area contributed by atoms with E-state index in [1.807, 2.05) is 6.07 Å². The van der Waals surface area contributed by atoms with Crippen molar-refractivity contribution in [3.63, 3.8) is 0 Å². The summed E-state index contributed by atoms with van der Waals surface area (Å²) in [6.07, 6.45) is 4.06. The van der Waals surface area contributed by atoms with Crippen LogP contribution < -0.4 is 10.6 Å². The molecule has 0 aliphatic carbocycles. The van der Waals surface area contributed by atoms with E-state index in [9.17, 15) is 9.18 Å². The van der Waals surface area contributed by atoms with Crippen LogP contribution in [0.3, 0.4) is 0 Å². The molecule has 118 valence electrons. The third-order valence-electron chi connectivity index (χ3n) is 3.48. The number of nitrogens with one attached hydrogen (secondary N) is 2. The molecule has 1 amide bonds. The molecule has 0 spiro atoms. The topological polar surface area (TPSA) is 54.0 Å². The van der Waals surface area contributed by atoms with Gasteiger partial charge in [0.25, 0.3) is 0 Å². The Kier molecular flexibility index (Phi) is 5.88. The molecule has 1 aliphatic rings. The maximum Gasteiger partial charge on any atom is 0.243 e. The molecule has 1 atom stereocenters. The van der Waals surface area contributed by atoms with Gasteiger partial charge in [0.05, 0.1) is 6.04 Å². The minimum Gasteiger partial charge on any atom is -0.306 e. The number of nitrogens with zero attached hydrogens (tertiary/aromatic N) is 1. The van der Waals surface area contributed by atoms with Gasteiger partial charge >= 0.3 is 0 Å². The van der Waals surface area contributed by atoms with Crippen molar-refractivity contribution >= 4 is 34.8 Å². The SMILES string of the molecule is Cl.O=C(Nc1ncc(Cc2ccccc2F)s1)C1CCCN1. The Morgan fingerprint density at radius 2 is 2.27 bits per heavy atom. The largest absolute Gasteiger partial charge is 0.306 e. The molecule has 2 heterocycles. The van der Waals surface area contributed by atoms with Crippen LogP contribution in [0.5, 0.6) is 0 Å². The number of aromatic nitrogens is 1. The average molecular weight is 342 g/mol. The lowest BCUT2D eigenvalue weighted by atomic mass is 10.1. The molecule has 2 aromatic rings. The summed E-state index contributed by atoms with van der Waals surface area (Å²) in [7, 11) is 0. The summed E-state index contributed by atoms with van der Waals surface area (Å²) in [6.45, 7) is 0.883. The lowest BCUT2D eigenvalue weighted by Crippen LogP contribution is -2.35. The van der Waals surface area contributed by atoms with E-state index >= 15 is 0 Å². The van der Waals surface area contributed by atoms with E-state index in [1.165, 1.54) is 17.4 Å². The van der Waals surface area contributed by atoms with Gasteiger partial charge in [0.15, 0.2) is 5.13 Å². The van der Waals surface area contributed by atoms with Crippen LogP contribution in [-0.2, 0) is 11.2 Å². The normalized spacial score (nSPS) is 17.0. The first-order valence-corrected chi connectivity index (χ1v) is 7.76. The van der Waals surface area contributed by atoms with Gasteiger partial charge in [-0.05, 0) is 31.0 Å². The van der Waals surface area contributed by atoms with Crippen LogP contribution in [0.4, 0.5) is 9.52 Å². The van der Waals surface area contributed by atoms with Crippen LogP contribution in [0.1, 0.15) is 23.3 Å². The molecule has 0 saturated carbocycles. The average Bonchev–Trinajstić information content (AvgIpc) is 3.13. The lowest BCUT2D eigenvalue weighted by molar-refractivity contribution is -0.117. The van der Waals surface area contributed by atoms with E-state index in [1.54, 1.807) is 18.3 Å². The molecule has 1 fully saturated rings. The van der Waals surface area contributed by atoms with Crippen molar-refractivity contribution in [2.45, 2.75) is 25.3 Å². The maximum absolute atomic E-state index is 13.6. The monoisotopic (exact) mass is 341 g/mol. The highest BCUT2D eigenvalue weighted by atomic mass is 35.5. The molecule has 1 aliphatic heterocycles. The third kappa shape index (κ3) is 4.03. The van der Waals surface area contributed by atoms with E-state index in [2.05, 4.69) is 15.6 Å². The van der Waals surface area contributed by atoms with Gasteiger partial charge in [-0.15, -0.1) is 23.7 Å². The molecule has 7 heteroatoms. The zero-order chi connectivity index (χ0) is 14.7. The van der Waals surface area contributed by atoms with Gasteiger partial charge in [0, 0.05) is 17.5 Å². The predicted molar refractivity (Wildman–Crippen MR) is 88.2 cm³/mol. The fourth-order valence-corrected chi connectivity index (χ4v) is 3.22. The minimum absolute atomic E-state index is 0. The van der Waals surface area contributed by atoms with Crippen LogP contribution in [-0.4, -0.2) is 23.5 Å². The quantitative estimate of drug-likeness (QED) is 0.899. The number of benzene rings is 1. The van der Waals surface area contributed by atoms with Crippen molar-refractivity contribution in [2.24, 2.45) is 0 Å². The summed E-state index contributed by atoms with van der Waals surface area (Å²) in [5.41, 5.74) is 0.636. The van der Waals surface area contributed by atoms with Crippen molar-refractivity contribution in [1.29, 1.82) is 0 Å². The van der Waals surface area contributed by atoms with Gasteiger partial charge in [-0.1, -0.05) is 18.2 Å². The van der Waals surface area contributed by atoms with Gasteiger partial charge in [0.1, 0.15) is 5.82 Å². The zero-order valence-electron chi connectivity index (χ0n) is 11.8. The molecular formula is C15H17ClFN3OS. The van der Waals surface area contributed by atoms with E-state index < -0.39 is 0 Å². The van der Waals surface area contributed by atoms with Crippen molar-refractivity contribution in [2.75, 3.05) is 11.9 Å². The second-order valence-electron chi connectivity index (χ2n) is 5.04. The highest BCUT2D eigenvalue weighted by Gasteiger charge is 2.22. The van der Waals surface area contributed by atoms with E-state index in [-0.39, 0.29) is 30.2 Å². The Hall–Kier alpha value is -1.50. The van der Waals surface area contributed by atoms with Crippen LogP contribution in [0.25, 0.3) is 0 Å². The van der Waals surface area contributed by atoms with Gasteiger partial charge in [-0.3, -0.25) is 4.79 Å². The maximum atomic E-state index is 13.6. The Morgan fingerprint density at radius 3 is 3.00 bits per heavy atom. The zero-order valence-corrected chi connectivity index (χ0v) is 13.5. The molecular weight excluding hydrogens is 325 g/mol. The van der Waals surface area contributed by atoms with E-state index in [4.69, 9.17) is 0 Å². The van der Waals surface area contributed by atoms with Crippen molar-refractivity contribution < 1.29 is 9.18 Å². The van der Waals surface area contributed by atoms with Crippen molar-refractivity contribution in [3.05, 3.63) is 46.7 Å². The number of anilines is 1. The van der Waals surface area contributed by atoms with Gasteiger partial charge in [0.2, 0.25) is 5.91 Å². The summed E-state index contributed by atoms with van der Waals surface area (Å²) in [6, 6.07) is 6.57. The molecule has 4 nitrogen and oxygen atoms in total. The summed E-state index contributed by atoms with van der Waals surface area (Å²) in [5.74, 6) is -0.258. The third-order valence-corrected chi connectivity index (χ3v) is 4.40. The first-order valence-electron chi connectivity index (χ1n) is 6.95. The lowest BCUT2D eigenvalue weighted by Gasteiger charge is -2.08. The Morgan fingerprint density at radius 1 is 1.45 bits per heavy atom. The molecule has 0 bridgehead atoms. The molecule has 22 heavy (non-hydrogen) atoms. The molecule has 3 rings (SSSR count). The minimum atomic E-state index is -0.216. The fraction of sp³-hybridized carbons (Fsp3) is 0.333. The number of halogens is 2. The second-order valence-corrected chi connectivity index (χ2v) is 6.15. The number of rotatable bonds is 4. The highest BCUT2D eigenvalue weighted by molar-refractivity contribution is 7.15. The number of hydrogen-bond donors (Lipinski definition) is 2. The van der Waals surface area contributed by atoms with Gasteiger partial charge in [-0.2, -0.15) is 0 Å². The first-order chi connectivity index (χ1) is 10.2. The van der Waals surface area contributed by atoms with Gasteiger partial charge < -0.3 is 10.6 Å². The summed E-state index contributed by atoms with van der Waals surface area (Å²) < 4.78 is 13.6. The standard InChI is InChI=1S/C15H16FN3OS.ClH/c16-12-5-2-1-4-10(12)8-11-9-18-15(21-11)19-14(20)13-6-3-7-17-13;/h1-2,4-5,9,13,17H,3,6-8H2,(H,18,19,20);1H.